The van der Waals surface area contributed by atoms with Gasteiger partial charge in [-0.05, 0) is 36.6 Å². The molecule has 0 unspecified atom stereocenters. The molecule has 0 saturated carbocycles. The lowest BCUT2D eigenvalue weighted by atomic mass is 10.3. The molecule has 0 saturated heterocycles. The Labute approximate surface area is 169 Å². The number of amides is 1. The second-order valence-electron chi connectivity index (χ2n) is 5.36. The fourth-order valence-corrected chi connectivity index (χ4v) is 4.33. The zero-order chi connectivity index (χ0) is 18.5. The van der Waals surface area contributed by atoms with Crippen molar-refractivity contribution in [2.45, 2.75) is 25.0 Å². The van der Waals surface area contributed by atoms with Gasteiger partial charge in [-0.15, -0.1) is 21.5 Å². The normalized spacial score (nSPS) is 10.9. The van der Waals surface area contributed by atoms with E-state index in [-0.39, 0.29) is 11.7 Å². The molecule has 3 aromatic rings. The zero-order valence-corrected chi connectivity index (χ0v) is 17.1. The van der Waals surface area contributed by atoms with Gasteiger partial charge in [-0.25, -0.2) is 0 Å². The lowest BCUT2D eigenvalue weighted by Crippen LogP contribution is -2.15. The molecule has 0 atom stereocenters. The van der Waals surface area contributed by atoms with E-state index in [2.05, 4.69) is 21.6 Å². The molecule has 0 fully saturated rings. The maximum Gasteiger partial charge on any atom is 0.234 e. The fraction of sp³-hybridized carbons (Fsp3) is 0.235. The van der Waals surface area contributed by atoms with Crippen molar-refractivity contribution < 1.29 is 4.79 Å². The van der Waals surface area contributed by atoms with Gasteiger partial charge in [0, 0.05) is 22.9 Å². The SMILES string of the molecule is CCn1c(Cc2cccs2)nnc1SCC(=O)Nc1ccc(Cl)cc1Cl. The number of carbonyl (C=O) groups excluding carboxylic acids is 1. The summed E-state index contributed by atoms with van der Waals surface area (Å²) in [6.45, 7) is 2.79. The van der Waals surface area contributed by atoms with Crippen LogP contribution in [0.1, 0.15) is 17.6 Å². The van der Waals surface area contributed by atoms with Crippen LogP contribution in [0.5, 0.6) is 0 Å². The standard InChI is InChI=1S/C17H16Cl2N4OS2/c1-2-23-15(9-12-4-3-7-25-12)21-22-17(23)26-10-16(24)20-14-6-5-11(18)8-13(14)19/h3-8H,2,9-10H2,1H3,(H,20,24). The highest BCUT2D eigenvalue weighted by Crippen LogP contribution is 2.26. The van der Waals surface area contributed by atoms with E-state index in [9.17, 15) is 4.79 Å². The van der Waals surface area contributed by atoms with Crippen molar-refractivity contribution in [2.75, 3.05) is 11.1 Å². The van der Waals surface area contributed by atoms with Crippen LogP contribution in [0, 0.1) is 0 Å². The number of nitrogens with zero attached hydrogens (tertiary/aromatic N) is 3. The maximum atomic E-state index is 12.2. The summed E-state index contributed by atoms with van der Waals surface area (Å²) < 4.78 is 2.03. The maximum absolute atomic E-state index is 12.2. The third kappa shape index (κ3) is 4.79. The summed E-state index contributed by atoms with van der Waals surface area (Å²) in [5, 5.41) is 15.0. The number of thiophene rings is 1. The first-order chi connectivity index (χ1) is 12.6. The van der Waals surface area contributed by atoms with Crippen LogP contribution in [0.4, 0.5) is 5.69 Å². The number of rotatable bonds is 7. The molecule has 0 aliphatic heterocycles. The summed E-state index contributed by atoms with van der Waals surface area (Å²) in [6, 6.07) is 9.06. The van der Waals surface area contributed by atoms with Gasteiger partial charge in [-0.1, -0.05) is 41.0 Å². The molecular formula is C17H16Cl2N4OS2. The molecule has 1 N–H and O–H groups in total. The minimum Gasteiger partial charge on any atom is -0.324 e. The number of thioether (sulfide) groups is 1. The number of nitrogens with one attached hydrogen (secondary N) is 1. The number of aromatic nitrogens is 3. The highest BCUT2D eigenvalue weighted by molar-refractivity contribution is 7.99. The predicted octanol–water partition coefficient (Wildman–Crippen LogP) is 4.99. The average Bonchev–Trinajstić information content (AvgIpc) is 3.25. The molecule has 0 aliphatic carbocycles. The van der Waals surface area contributed by atoms with Crippen molar-refractivity contribution in [3.05, 3.63) is 56.5 Å². The Balaban J connectivity index is 1.62. The van der Waals surface area contributed by atoms with Gasteiger partial charge in [0.15, 0.2) is 5.16 Å². The van der Waals surface area contributed by atoms with Gasteiger partial charge in [0.05, 0.1) is 16.5 Å². The van der Waals surface area contributed by atoms with E-state index >= 15 is 0 Å². The summed E-state index contributed by atoms with van der Waals surface area (Å²) in [5.41, 5.74) is 0.539. The van der Waals surface area contributed by atoms with Crippen molar-refractivity contribution >= 4 is 57.9 Å². The molecule has 3 rings (SSSR count). The Hall–Kier alpha value is -1.54. The monoisotopic (exact) mass is 426 g/mol. The van der Waals surface area contributed by atoms with Crippen LogP contribution in [0.15, 0.2) is 40.9 Å². The van der Waals surface area contributed by atoms with E-state index in [1.165, 1.54) is 16.6 Å². The van der Waals surface area contributed by atoms with Gasteiger partial charge in [0.1, 0.15) is 5.82 Å². The van der Waals surface area contributed by atoms with Gasteiger partial charge in [0.25, 0.3) is 0 Å². The molecule has 136 valence electrons. The van der Waals surface area contributed by atoms with Crippen LogP contribution >= 0.6 is 46.3 Å². The van der Waals surface area contributed by atoms with Crippen LogP contribution in [-0.4, -0.2) is 26.4 Å². The Kier molecular flexibility index (Phi) is 6.58. The molecule has 0 spiro atoms. The van der Waals surface area contributed by atoms with Gasteiger partial charge in [0.2, 0.25) is 5.91 Å². The van der Waals surface area contributed by atoms with Crippen LogP contribution in [-0.2, 0) is 17.8 Å². The minimum atomic E-state index is -0.162. The number of hydrogen-bond acceptors (Lipinski definition) is 5. The number of halogens is 2. The minimum absolute atomic E-state index is 0.162. The van der Waals surface area contributed by atoms with Crippen LogP contribution in [0.3, 0.4) is 0 Å². The Bertz CT molecular complexity index is 896. The molecule has 26 heavy (non-hydrogen) atoms. The smallest absolute Gasteiger partial charge is 0.234 e. The molecular weight excluding hydrogens is 411 g/mol. The molecule has 9 heteroatoms. The van der Waals surface area contributed by atoms with Gasteiger partial charge < -0.3 is 9.88 Å². The van der Waals surface area contributed by atoms with Gasteiger partial charge in [-0.2, -0.15) is 0 Å². The van der Waals surface area contributed by atoms with Crippen LogP contribution < -0.4 is 5.32 Å². The van der Waals surface area contributed by atoms with E-state index in [0.29, 0.717) is 15.7 Å². The second-order valence-corrected chi connectivity index (χ2v) is 8.18. The first-order valence-corrected chi connectivity index (χ1v) is 10.5. The third-order valence-corrected chi connectivity index (χ3v) is 5.95. The largest absolute Gasteiger partial charge is 0.324 e. The van der Waals surface area contributed by atoms with Gasteiger partial charge in [-0.3, -0.25) is 4.79 Å². The first-order valence-electron chi connectivity index (χ1n) is 7.89. The van der Waals surface area contributed by atoms with Crippen molar-refractivity contribution in [3.63, 3.8) is 0 Å². The van der Waals surface area contributed by atoms with E-state index in [0.717, 1.165) is 23.9 Å². The van der Waals surface area contributed by atoms with Crippen molar-refractivity contribution in [1.82, 2.24) is 14.8 Å². The summed E-state index contributed by atoms with van der Waals surface area (Å²) in [6.07, 6.45) is 0.742. The van der Waals surface area contributed by atoms with Crippen LogP contribution in [0.25, 0.3) is 0 Å². The summed E-state index contributed by atoms with van der Waals surface area (Å²) in [7, 11) is 0. The fourth-order valence-electron chi connectivity index (χ4n) is 2.35. The van der Waals surface area contributed by atoms with Gasteiger partial charge >= 0.3 is 0 Å². The number of carbonyl (C=O) groups is 1. The highest BCUT2D eigenvalue weighted by atomic mass is 35.5. The summed E-state index contributed by atoms with van der Waals surface area (Å²) in [4.78, 5) is 13.4. The molecule has 5 nitrogen and oxygen atoms in total. The topological polar surface area (TPSA) is 59.8 Å². The molecule has 1 aromatic carbocycles. The van der Waals surface area contributed by atoms with Crippen molar-refractivity contribution in [3.8, 4) is 0 Å². The zero-order valence-electron chi connectivity index (χ0n) is 13.9. The molecule has 0 bridgehead atoms. The number of benzene rings is 1. The van der Waals surface area contributed by atoms with Crippen LogP contribution in [0.2, 0.25) is 10.0 Å². The first kappa shape index (κ1) is 19.2. The summed E-state index contributed by atoms with van der Waals surface area (Å²) in [5.74, 6) is 0.957. The van der Waals surface area contributed by atoms with E-state index in [1.807, 2.05) is 22.9 Å². The molecule has 1 amide bonds. The number of anilines is 1. The predicted molar refractivity (Wildman–Crippen MR) is 109 cm³/mol. The highest BCUT2D eigenvalue weighted by Gasteiger charge is 2.14. The quantitative estimate of drug-likeness (QED) is 0.540. The molecule has 0 aliphatic rings. The Morgan fingerprint density at radius 3 is 2.85 bits per heavy atom. The van der Waals surface area contributed by atoms with E-state index in [1.54, 1.807) is 29.5 Å². The number of hydrogen-bond donors (Lipinski definition) is 1. The third-order valence-electron chi connectivity index (χ3n) is 3.56. The molecule has 2 heterocycles. The lowest BCUT2D eigenvalue weighted by molar-refractivity contribution is -0.113. The lowest BCUT2D eigenvalue weighted by Gasteiger charge is -2.08. The Morgan fingerprint density at radius 1 is 1.31 bits per heavy atom. The summed E-state index contributed by atoms with van der Waals surface area (Å²) >= 11 is 15.0. The van der Waals surface area contributed by atoms with Crippen molar-refractivity contribution in [1.29, 1.82) is 0 Å². The van der Waals surface area contributed by atoms with E-state index < -0.39 is 0 Å². The molecule has 0 radical (unpaired) electrons. The molecule has 2 aromatic heterocycles. The second kappa shape index (κ2) is 8.90. The van der Waals surface area contributed by atoms with Crippen molar-refractivity contribution in [2.24, 2.45) is 0 Å². The average molecular weight is 427 g/mol. The van der Waals surface area contributed by atoms with E-state index in [4.69, 9.17) is 23.2 Å². The Morgan fingerprint density at radius 2 is 2.15 bits per heavy atom.